The zero-order valence-electron chi connectivity index (χ0n) is 15.0. The molecule has 5 nitrogen and oxygen atoms in total. The topological polar surface area (TPSA) is 64.6 Å². The van der Waals surface area contributed by atoms with Gasteiger partial charge in [0.2, 0.25) is 0 Å². The molecule has 138 valence electrons. The third-order valence-corrected chi connectivity index (χ3v) is 4.37. The highest BCUT2D eigenvalue weighted by Crippen LogP contribution is 2.23. The van der Waals surface area contributed by atoms with E-state index in [0.29, 0.717) is 5.69 Å². The summed E-state index contributed by atoms with van der Waals surface area (Å²) in [4.78, 5) is 24.1. The average molecular weight is 420 g/mol. The SMILES string of the molecule is Cc1ccc(NC(=O)[C@H](C)OC(=O)CCOc2ccccc2C)c(Br)c1. The Bertz CT molecular complexity index is 791. The Morgan fingerprint density at radius 1 is 1.15 bits per heavy atom. The van der Waals surface area contributed by atoms with Gasteiger partial charge in [-0.1, -0.05) is 24.3 Å². The summed E-state index contributed by atoms with van der Waals surface area (Å²) in [5.41, 5.74) is 2.70. The number of ether oxygens (including phenoxy) is 2. The predicted molar refractivity (Wildman–Crippen MR) is 104 cm³/mol. The number of esters is 1. The number of rotatable bonds is 7. The number of carbonyl (C=O) groups excluding carboxylic acids is 2. The molecule has 0 aromatic heterocycles. The van der Waals surface area contributed by atoms with Crippen molar-refractivity contribution in [2.24, 2.45) is 0 Å². The van der Waals surface area contributed by atoms with Crippen LogP contribution in [-0.2, 0) is 14.3 Å². The third-order valence-electron chi connectivity index (χ3n) is 3.72. The molecule has 0 radical (unpaired) electrons. The van der Waals surface area contributed by atoms with Gasteiger partial charge in [0.15, 0.2) is 6.10 Å². The van der Waals surface area contributed by atoms with Crippen molar-refractivity contribution in [3.8, 4) is 5.75 Å². The van der Waals surface area contributed by atoms with Crippen molar-refractivity contribution in [2.75, 3.05) is 11.9 Å². The van der Waals surface area contributed by atoms with Crippen LogP contribution in [0.15, 0.2) is 46.9 Å². The first kappa shape index (κ1) is 20.0. The number of aryl methyl sites for hydroxylation is 2. The van der Waals surface area contributed by atoms with E-state index in [9.17, 15) is 9.59 Å². The molecule has 0 saturated carbocycles. The molecule has 2 aromatic carbocycles. The smallest absolute Gasteiger partial charge is 0.310 e. The van der Waals surface area contributed by atoms with Gasteiger partial charge in [-0.05, 0) is 66.0 Å². The molecular formula is C20H22BrNO4. The summed E-state index contributed by atoms with van der Waals surface area (Å²) in [6.07, 6.45) is -0.825. The lowest BCUT2D eigenvalue weighted by Gasteiger charge is -2.15. The van der Waals surface area contributed by atoms with Crippen LogP contribution in [-0.4, -0.2) is 24.6 Å². The molecule has 2 rings (SSSR count). The van der Waals surface area contributed by atoms with Crippen LogP contribution in [0.25, 0.3) is 0 Å². The van der Waals surface area contributed by atoms with E-state index in [1.807, 2.05) is 50.2 Å². The quantitative estimate of drug-likeness (QED) is 0.675. The molecule has 0 bridgehead atoms. The van der Waals surface area contributed by atoms with Gasteiger partial charge < -0.3 is 14.8 Å². The fourth-order valence-corrected chi connectivity index (χ4v) is 2.82. The standard InChI is InChI=1S/C20H22BrNO4/c1-13-8-9-17(16(21)12-13)22-20(24)15(3)26-19(23)10-11-25-18-7-5-4-6-14(18)2/h4-9,12,15H,10-11H2,1-3H3,(H,22,24)/t15-/m0/s1. The van der Waals surface area contributed by atoms with Crippen LogP contribution < -0.4 is 10.1 Å². The van der Waals surface area contributed by atoms with E-state index >= 15 is 0 Å². The van der Waals surface area contributed by atoms with Crippen LogP contribution in [0.2, 0.25) is 0 Å². The zero-order chi connectivity index (χ0) is 19.1. The number of benzene rings is 2. The summed E-state index contributed by atoms with van der Waals surface area (Å²) < 4.78 is 11.5. The molecule has 0 spiro atoms. The van der Waals surface area contributed by atoms with Crippen LogP contribution in [0.5, 0.6) is 5.75 Å². The number of hydrogen-bond donors (Lipinski definition) is 1. The third kappa shape index (κ3) is 5.88. The van der Waals surface area contributed by atoms with Crippen LogP contribution in [0.1, 0.15) is 24.5 Å². The molecule has 0 aliphatic heterocycles. The van der Waals surface area contributed by atoms with Gasteiger partial charge in [-0.3, -0.25) is 9.59 Å². The number of amides is 1. The molecule has 0 aliphatic carbocycles. The molecule has 0 fully saturated rings. The molecule has 1 N–H and O–H groups in total. The van der Waals surface area contributed by atoms with Crippen LogP contribution in [0.4, 0.5) is 5.69 Å². The van der Waals surface area contributed by atoms with Gasteiger partial charge in [0, 0.05) is 4.47 Å². The van der Waals surface area contributed by atoms with Gasteiger partial charge in [-0.15, -0.1) is 0 Å². The summed E-state index contributed by atoms with van der Waals surface area (Å²) in [6, 6.07) is 13.1. The van der Waals surface area contributed by atoms with Crippen molar-refractivity contribution in [1.29, 1.82) is 0 Å². The number of carbonyl (C=O) groups is 2. The molecule has 0 saturated heterocycles. The molecular weight excluding hydrogens is 398 g/mol. The maximum atomic E-state index is 12.2. The van der Waals surface area contributed by atoms with E-state index in [-0.39, 0.29) is 18.9 Å². The van der Waals surface area contributed by atoms with E-state index in [2.05, 4.69) is 21.2 Å². The Kier molecular flexibility index (Phi) is 7.21. The zero-order valence-corrected chi connectivity index (χ0v) is 16.6. The fourth-order valence-electron chi connectivity index (χ4n) is 2.23. The van der Waals surface area contributed by atoms with E-state index in [1.165, 1.54) is 6.92 Å². The molecule has 26 heavy (non-hydrogen) atoms. The lowest BCUT2D eigenvalue weighted by atomic mass is 10.2. The second-order valence-electron chi connectivity index (χ2n) is 5.97. The summed E-state index contributed by atoms with van der Waals surface area (Å²) in [5.74, 6) is -0.137. The first-order valence-electron chi connectivity index (χ1n) is 8.31. The Morgan fingerprint density at radius 3 is 2.58 bits per heavy atom. The van der Waals surface area contributed by atoms with E-state index < -0.39 is 12.1 Å². The van der Waals surface area contributed by atoms with Crippen molar-refractivity contribution in [3.05, 3.63) is 58.1 Å². The number of nitrogens with one attached hydrogen (secondary N) is 1. The van der Waals surface area contributed by atoms with Crippen LogP contribution in [0, 0.1) is 13.8 Å². The Labute approximate surface area is 161 Å². The molecule has 1 atom stereocenters. The van der Waals surface area contributed by atoms with E-state index in [0.717, 1.165) is 21.3 Å². The van der Waals surface area contributed by atoms with Crippen molar-refractivity contribution < 1.29 is 19.1 Å². The first-order valence-corrected chi connectivity index (χ1v) is 9.11. The largest absolute Gasteiger partial charge is 0.493 e. The Balaban J connectivity index is 1.78. The van der Waals surface area contributed by atoms with Gasteiger partial charge in [0.1, 0.15) is 5.75 Å². The van der Waals surface area contributed by atoms with Crippen molar-refractivity contribution in [3.63, 3.8) is 0 Å². The minimum atomic E-state index is -0.894. The van der Waals surface area contributed by atoms with Gasteiger partial charge >= 0.3 is 5.97 Å². The summed E-state index contributed by atoms with van der Waals surface area (Å²) in [7, 11) is 0. The van der Waals surface area contributed by atoms with Gasteiger partial charge in [-0.2, -0.15) is 0 Å². The molecule has 1 amide bonds. The lowest BCUT2D eigenvalue weighted by molar-refractivity contribution is -0.153. The van der Waals surface area contributed by atoms with Gasteiger partial charge in [-0.25, -0.2) is 0 Å². The second-order valence-corrected chi connectivity index (χ2v) is 6.82. The highest BCUT2D eigenvalue weighted by atomic mass is 79.9. The fraction of sp³-hybridized carbons (Fsp3) is 0.300. The number of halogens is 1. The number of hydrogen-bond acceptors (Lipinski definition) is 4. The molecule has 0 heterocycles. The highest BCUT2D eigenvalue weighted by molar-refractivity contribution is 9.10. The van der Waals surface area contributed by atoms with E-state index in [1.54, 1.807) is 6.07 Å². The van der Waals surface area contributed by atoms with E-state index in [4.69, 9.17) is 9.47 Å². The Morgan fingerprint density at radius 2 is 1.88 bits per heavy atom. The minimum absolute atomic E-state index is 0.0696. The lowest BCUT2D eigenvalue weighted by Crippen LogP contribution is -2.30. The van der Waals surface area contributed by atoms with Crippen LogP contribution in [0.3, 0.4) is 0 Å². The van der Waals surface area contributed by atoms with Crippen molar-refractivity contribution in [2.45, 2.75) is 33.3 Å². The molecule has 0 unspecified atom stereocenters. The van der Waals surface area contributed by atoms with Crippen molar-refractivity contribution in [1.82, 2.24) is 0 Å². The predicted octanol–water partition coefficient (Wildman–Crippen LogP) is 4.41. The maximum Gasteiger partial charge on any atom is 0.310 e. The van der Waals surface area contributed by atoms with Crippen LogP contribution >= 0.6 is 15.9 Å². The van der Waals surface area contributed by atoms with Gasteiger partial charge in [0.05, 0.1) is 18.7 Å². The molecule has 6 heteroatoms. The van der Waals surface area contributed by atoms with Gasteiger partial charge in [0.25, 0.3) is 5.91 Å². The summed E-state index contributed by atoms with van der Waals surface area (Å²) in [6.45, 7) is 5.63. The number of anilines is 1. The minimum Gasteiger partial charge on any atom is -0.493 e. The summed E-state index contributed by atoms with van der Waals surface area (Å²) >= 11 is 3.40. The normalized spacial score (nSPS) is 11.5. The monoisotopic (exact) mass is 419 g/mol. The Hall–Kier alpha value is -2.34. The molecule has 2 aromatic rings. The molecule has 0 aliphatic rings. The highest BCUT2D eigenvalue weighted by Gasteiger charge is 2.18. The average Bonchev–Trinajstić information content (AvgIpc) is 2.59. The summed E-state index contributed by atoms with van der Waals surface area (Å²) in [5, 5.41) is 2.74. The van der Waals surface area contributed by atoms with Crippen molar-refractivity contribution >= 4 is 33.5 Å². The number of para-hydroxylation sites is 1. The first-order chi connectivity index (χ1) is 12.4. The maximum absolute atomic E-state index is 12.2. The second kappa shape index (κ2) is 9.38.